The molecule has 0 aliphatic carbocycles. The lowest BCUT2D eigenvalue weighted by Gasteiger charge is -2.28. The Balaban J connectivity index is 2.17. The summed E-state index contributed by atoms with van der Waals surface area (Å²) in [4.78, 5) is 26.5. The van der Waals surface area contributed by atoms with E-state index in [9.17, 15) is 9.59 Å². The van der Waals surface area contributed by atoms with E-state index in [-0.39, 0.29) is 18.4 Å². The molecule has 0 saturated carbocycles. The number of rotatable bonds is 7. The van der Waals surface area contributed by atoms with Crippen LogP contribution in [0.25, 0.3) is 0 Å². The Morgan fingerprint density at radius 1 is 1.19 bits per heavy atom. The van der Waals surface area contributed by atoms with Crippen LogP contribution in [0.2, 0.25) is 0 Å². The van der Waals surface area contributed by atoms with Crippen molar-refractivity contribution in [1.29, 1.82) is 0 Å². The average Bonchev–Trinajstić information content (AvgIpc) is 2.66. The molecule has 2 rings (SSSR count). The van der Waals surface area contributed by atoms with E-state index in [1.54, 1.807) is 14.0 Å². The van der Waals surface area contributed by atoms with Crippen LogP contribution < -0.4 is 10.1 Å². The number of nitrogens with zero attached hydrogens (tertiary/aromatic N) is 1. The first kappa shape index (κ1) is 21.0. The van der Waals surface area contributed by atoms with Crippen molar-refractivity contribution in [2.45, 2.75) is 33.4 Å². The molecule has 0 aliphatic rings. The number of hydrogen-bond donors (Lipinski definition) is 1. The first-order valence-electron chi connectivity index (χ1n) is 8.78. The Labute approximate surface area is 168 Å². The maximum absolute atomic E-state index is 12.9. The fraction of sp³-hybridized carbons (Fsp3) is 0.333. The molecule has 0 bridgehead atoms. The Kier molecular flexibility index (Phi) is 7.42. The highest BCUT2D eigenvalue weighted by atomic mass is 79.9. The molecular formula is C21H25BrN2O3. The molecule has 0 spiro atoms. The monoisotopic (exact) mass is 432 g/mol. The van der Waals surface area contributed by atoms with E-state index in [2.05, 4.69) is 21.2 Å². The topological polar surface area (TPSA) is 58.6 Å². The second-order valence-electron chi connectivity index (χ2n) is 6.43. The molecule has 2 amide bonds. The zero-order valence-electron chi connectivity index (χ0n) is 16.1. The van der Waals surface area contributed by atoms with Gasteiger partial charge in [0.15, 0.2) is 6.61 Å². The molecule has 27 heavy (non-hydrogen) atoms. The van der Waals surface area contributed by atoms with Gasteiger partial charge in [-0.2, -0.15) is 0 Å². The standard InChI is InChI=1S/C21H25BrN2O3/c1-14-7-5-10-19(15(14)2)27-13-20(25)24(16(3)21(26)23-4)12-17-8-6-9-18(22)11-17/h5-11,16H,12-13H2,1-4H3,(H,23,26)/t16-/m0/s1. The summed E-state index contributed by atoms with van der Waals surface area (Å²) in [6.07, 6.45) is 0. The Hall–Kier alpha value is -2.34. The number of halogens is 1. The van der Waals surface area contributed by atoms with Gasteiger partial charge in [0.2, 0.25) is 5.91 Å². The molecule has 0 heterocycles. The van der Waals surface area contributed by atoms with Crippen molar-refractivity contribution in [3.05, 3.63) is 63.6 Å². The molecule has 0 radical (unpaired) electrons. The third kappa shape index (κ3) is 5.57. The molecular weight excluding hydrogens is 408 g/mol. The highest BCUT2D eigenvalue weighted by Crippen LogP contribution is 2.21. The molecule has 0 aromatic heterocycles. The molecule has 0 unspecified atom stereocenters. The van der Waals surface area contributed by atoms with Gasteiger partial charge in [-0.05, 0) is 55.7 Å². The van der Waals surface area contributed by atoms with Crippen LogP contribution in [0.3, 0.4) is 0 Å². The van der Waals surface area contributed by atoms with Crippen LogP contribution in [-0.4, -0.2) is 36.4 Å². The van der Waals surface area contributed by atoms with Crippen LogP contribution >= 0.6 is 15.9 Å². The lowest BCUT2D eigenvalue weighted by molar-refractivity contribution is -0.142. The molecule has 2 aromatic rings. The number of amides is 2. The van der Waals surface area contributed by atoms with Gasteiger partial charge in [-0.1, -0.05) is 40.2 Å². The van der Waals surface area contributed by atoms with Crippen molar-refractivity contribution in [2.24, 2.45) is 0 Å². The molecule has 2 aromatic carbocycles. The van der Waals surface area contributed by atoms with E-state index >= 15 is 0 Å². The first-order chi connectivity index (χ1) is 12.8. The quantitative estimate of drug-likeness (QED) is 0.726. The van der Waals surface area contributed by atoms with Gasteiger partial charge in [0, 0.05) is 18.1 Å². The normalized spacial score (nSPS) is 11.6. The average molecular weight is 433 g/mol. The van der Waals surface area contributed by atoms with Crippen LogP contribution in [0.5, 0.6) is 5.75 Å². The number of carbonyl (C=O) groups is 2. The minimum absolute atomic E-state index is 0.125. The fourth-order valence-electron chi connectivity index (χ4n) is 2.73. The Morgan fingerprint density at radius 2 is 1.89 bits per heavy atom. The number of benzene rings is 2. The minimum Gasteiger partial charge on any atom is -0.483 e. The van der Waals surface area contributed by atoms with Gasteiger partial charge < -0.3 is 15.0 Å². The van der Waals surface area contributed by atoms with Gasteiger partial charge in [-0.25, -0.2) is 0 Å². The van der Waals surface area contributed by atoms with E-state index < -0.39 is 6.04 Å². The van der Waals surface area contributed by atoms with Crippen molar-refractivity contribution >= 4 is 27.7 Å². The molecule has 1 N–H and O–H groups in total. The highest BCUT2D eigenvalue weighted by Gasteiger charge is 2.26. The molecule has 144 valence electrons. The van der Waals surface area contributed by atoms with E-state index in [0.717, 1.165) is 21.2 Å². The lowest BCUT2D eigenvalue weighted by atomic mass is 10.1. The van der Waals surface area contributed by atoms with E-state index in [1.165, 1.54) is 4.90 Å². The summed E-state index contributed by atoms with van der Waals surface area (Å²) in [6, 6.07) is 12.8. The highest BCUT2D eigenvalue weighted by molar-refractivity contribution is 9.10. The fourth-order valence-corrected chi connectivity index (χ4v) is 3.17. The van der Waals surface area contributed by atoms with Crippen molar-refractivity contribution in [3.8, 4) is 5.75 Å². The number of hydrogen-bond acceptors (Lipinski definition) is 3. The number of carbonyl (C=O) groups excluding carboxylic acids is 2. The molecule has 0 saturated heterocycles. The van der Waals surface area contributed by atoms with Crippen molar-refractivity contribution in [2.75, 3.05) is 13.7 Å². The Morgan fingerprint density at radius 3 is 2.56 bits per heavy atom. The zero-order valence-corrected chi connectivity index (χ0v) is 17.7. The van der Waals surface area contributed by atoms with Crippen molar-refractivity contribution in [3.63, 3.8) is 0 Å². The third-order valence-corrected chi connectivity index (χ3v) is 5.05. The van der Waals surface area contributed by atoms with Gasteiger partial charge in [0.1, 0.15) is 11.8 Å². The maximum Gasteiger partial charge on any atom is 0.261 e. The lowest BCUT2D eigenvalue weighted by Crippen LogP contribution is -2.48. The summed E-state index contributed by atoms with van der Waals surface area (Å²) in [7, 11) is 1.56. The summed E-state index contributed by atoms with van der Waals surface area (Å²) in [6.45, 7) is 5.87. The predicted octanol–water partition coefficient (Wildman–Crippen LogP) is 3.61. The molecule has 5 nitrogen and oxygen atoms in total. The molecule has 6 heteroatoms. The van der Waals surface area contributed by atoms with Gasteiger partial charge in [-0.3, -0.25) is 9.59 Å². The summed E-state index contributed by atoms with van der Waals surface area (Å²) in [5.41, 5.74) is 3.04. The number of nitrogens with one attached hydrogen (secondary N) is 1. The van der Waals surface area contributed by atoms with E-state index in [4.69, 9.17) is 4.74 Å². The first-order valence-corrected chi connectivity index (χ1v) is 9.57. The van der Waals surface area contributed by atoms with Gasteiger partial charge in [0.05, 0.1) is 0 Å². The second-order valence-corrected chi connectivity index (χ2v) is 7.34. The second kappa shape index (κ2) is 9.55. The minimum atomic E-state index is -0.608. The maximum atomic E-state index is 12.9. The summed E-state index contributed by atoms with van der Waals surface area (Å²) in [5.74, 6) is 0.218. The third-order valence-electron chi connectivity index (χ3n) is 4.56. The van der Waals surface area contributed by atoms with Gasteiger partial charge in [0.25, 0.3) is 5.91 Å². The van der Waals surface area contributed by atoms with Crippen LogP contribution in [0.4, 0.5) is 0 Å². The van der Waals surface area contributed by atoms with Crippen LogP contribution in [0, 0.1) is 13.8 Å². The van der Waals surface area contributed by atoms with E-state index in [1.807, 2.05) is 56.3 Å². The van der Waals surface area contributed by atoms with Crippen molar-refractivity contribution in [1.82, 2.24) is 10.2 Å². The SMILES string of the molecule is CNC(=O)[C@H](C)N(Cc1cccc(Br)c1)C(=O)COc1cccc(C)c1C. The van der Waals surface area contributed by atoms with Crippen LogP contribution in [0.1, 0.15) is 23.6 Å². The predicted molar refractivity (Wildman–Crippen MR) is 110 cm³/mol. The van der Waals surface area contributed by atoms with E-state index in [0.29, 0.717) is 12.3 Å². The van der Waals surface area contributed by atoms with Crippen LogP contribution in [0.15, 0.2) is 46.9 Å². The zero-order chi connectivity index (χ0) is 20.0. The number of aryl methyl sites for hydroxylation is 1. The van der Waals surface area contributed by atoms with Gasteiger partial charge >= 0.3 is 0 Å². The van der Waals surface area contributed by atoms with Crippen molar-refractivity contribution < 1.29 is 14.3 Å². The summed E-state index contributed by atoms with van der Waals surface area (Å²) in [5, 5.41) is 2.60. The van der Waals surface area contributed by atoms with Gasteiger partial charge in [-0.15, -0.1) is 0 Å². The molecule has 0 fully saturated rings. The largest absolute Gasteiger partial charge is 0.483 e. The summed E-state index contributed by atoms with van der Waals surface area (Å²) >= 11 is 3.44. The summed E-state index contributed by atoms with van der Waals surface area (Å²) < 4.78 is 6.68. The number of ether oxygens (including phenoxy) is 1. The Bertz CT molecular complexity index is 823. The number of likely N-dealkylation sites (N-methyl/N-ethyl adjacent to an activating group) is 1. The molecule has 1 atom stereocenters. The smallest absolute Gasteiger partial charge is 0.261 e. The molecule has 0 aliphatic heterocycles. The van der Waals surface area contributed by atoms with Crippen LogP contribution in [-0.2, 0) is 16.1 Å².